The van der Waals surface area contributed by atoms with Gasteiger partial charge in [-0.1, -0.05) is 25.1 Å². The molecule has 0 aromatic heterocycles. The van der Waals surface area contributed by atoms with Gasteiger partial charge in [-0.2, -0.15) is 0 Å². The maximum absolute atomic E-state index is 3.70. The van der Waals surface area contributed by atoms with Gasteiger partial charge in [0.1, 0.15) is 0 Å². The second kappa shape index (κ2) is 4.79. The van der Waals surface area contributed by atoms with Gasteiger partial charge >= 0.3 is 0 Å². The second-order valence-electron chi connectivity index (χ2n) is 5.64. The number of rotatable bonds is 3. The minimum Gasteiger partial charge on any atom is -0.312 e. The topological polar surface area (TPSA) is 24.1 Å². The van der Waals surface area contributed by atoms with Gasteiger partial charge in [-0.3, -0.25) is 0 Å². The first kappa shape index (κ1) is 11.2. The van der Waals surface area contributed by atoms with Gasteiger partial charge in [0.25, 0.3) is 0 Å². The normalized spacial score (nSPS) is 27.4. The molecule has 0 spiro atoms. The minimum absolute atomic E-state index is 0.766. The largest absolute Gasteiger partial charge is 0.312 e. The summed E-state index contributed by atoms with van der Waals surface area (Å²) in [5, 5.41) is 7.14. The van der Waals surface area contributed by atoms with Crippen molar-refractivity contribution in [3.8, 4) is 0 Å². The van der Waals surface area contributed by atoms with E-state index in [-0.39, 0.29) is 0 Å². The smallest absolute Gasteiger partial charge is 0.0210 e. The molecule has 2 N–H and O–H groups in total. The molecule has 0 unspecified atom stereocenters. The third-order valence-corrected chi connectivity index (χ3v) is 4.19. The molecule has 0 bridgehead atoms. The summed E-state index contributed by atoms with van der Waals surface area (Å²) in [7, 11) is 0. The molecular formula is C15H22N2. The molecule has 17 heavy (non-hydrogen) atoms. The van der Waals surface area contributed by atoms with E-state index in [1.807, 2.05) is 0 Å². The van der Waals surface area contributed by atoms with Gasteiger partial charge in [0.15, 0.2) is 0 Å². The zero-order valence-corrected chi connectivity index (χ0v) is 10.6. The van der Waals surface area contributed by atoms with Crippen molar-refractivity contribution < 1.29 is 0 Å². The fourth-order valence-corrected chi connectivity index (χ4v) is 3.10. The average Bonchev–Trinajstić information content (AvgIpc) is 2.33. The predicted octanol–water partition coefficient (Wildman–Crippen LogP) is 2.22. The molecule has 0 radical (unpaired) electrons. The van der Waals surface area contributed by atoms with Crippen LogP contribution in [0.25, 0.3) is 0 Å². The minimum atomic E-state index is 0.766. The van der Waals surface area contributed by atoms with Crippen LogP contribution >= 0.6 is 0 Å². The van der Waals surface area contributed by atoms with Gasteiger partial charge in [-0.15, -0.1) is 0 Å². The molecule has 0 saturated heterocycles. The monoisotopic (exact) mass is 230 g/mol. The molecule has 1 aliphatic heterocycles. The van der Waals surface area contributed by atoms with Crippen LogP contribution in [-0.4, -0.2) is 12.6 Å². The van der Waals surface area contributed by atoms with Gasteiger partial charge in [-0.25, -0.2) is 0 Å². The third kappa shape index (κ3) is 2.38. The first-order valence-electron chi connectivity index (χ1n) is 6.86. The number of benzene rings is 1. The predicted molar refractivity (Wildman–Crippen MR) is 70.9 cm³/mol. The fraction of sp³-hybridized carbons (Fsp3) is 0.600. The summed E-state index contributed by atoms with van der Waals surface area (Å²) in [5.41, 5.74) is 4.60. The van der Waals surface area contributed by atoms with Crippen molar-refractivity contribution in [2.24, 2.45) is 5.92 Å². The first-order valence-corrected chi connectivity index (χ1v) is 6.86. The molecule has 1 aliphatic carbocycles. The van der Waals surface area contributed by atoms with Crippen molar-refractivity contribution in [3.63, 3.8) is 0 Å². The van der Waals surface area contributed by atoms with Crippen molar-refractivity contribution in [2.75, 3.05) is 6.54 Å². The molecule has 92 valence electrons. The SMILES string of the molecule is CC1CC(NCc2cccc3c2CCNC3)C1. The Balaban J connectivity index is 1.66. The highest BCUT2D eigenvalue weighted by Crippen LogP contribution is 2.27. The Morgan fingerprint density at radius 2 is 2.24 bits per heavy atom. The highest BCUT2D eigenvalue weighted by atomic mass is 14.9. The summed E-state index contributed by atoms with van der Waals surface area (Å²) in [6.45, 7) is 5.57. The van der Waals surface area contributed by atoms with E-state index < -0.39 is 0 Å². The number of fused-ring (bicyclic) bond motifs is 1. The van der Waals surface area contributed by atoms with Crippen LogP contribution in [0.4, 0.5) is 0 Å². The van der Waals surface area contributed by atoms with Gasteiger partial charge in [-0.05, 0) is 48.4 Å². The van der Waals surface area contributed by atoms with Crippen LogP contribution in [0.1, 0.15) is 36.5 Å². The molecule has 1 aromatic rings. The van der Waals surface area contributed by atoms with Crippen LogP contribution in [0.3, 0.4) is 0 Å². The Bertz CT molecular complexity index is 394. The molecule has 3 rings (SSSR count). The van der Waals surface area contributed by atoms with Gasteiger partial charge in [0.05, 0.1) is 0 Å². The van der Waals surface area contributed by atoms with Crippen molar-refractivity contribution in [2.45, 2.75) is 45.3 Å². The lowest BCUT2D eigenvalue weighted by atomic mass is 9.82. The molecule has 0 amide bonds. The lowest BCUT2D eigenvalue weighted by molar-refractivity contribution is 0.240. The molecule has 2 nitrogen and oxygen atoms in total. The van der Waals surface area contributed by atoms with E-state index in [4.69, 9.17) is 0 Å². The molecular weight excluding hydrogens is 208 g/mol. The van der Waals surface area contributed by atoms with Crippen LogP contribution < -0.4 is 10.6 Å². The molecule has 2 aliphatic rings. The lowest BCUT2D eigenvalue weighted by Crippen LogP contribution is -2.40. The van der Waals surface area contributed by atoms with E-state index in [1.165, 1.54) is 30.4 Å². The Kier molecular flexibility index (Phi) is 3.17. The lowest BCUT2D eigenvalue weighted by Gasteiger charge is -2.34. The van der Waals surface area contributed by atoms with E-state index >= 15 is 0 Å². The van der Waals surface area contributed by atoms with Crippen molar-refractivity contribution in [1.29, 1.82) is 0 Å². The summed E-state index contributed by atoms with van der Waals surface area (Å²) < 4.78 is 0. The summed E-state index contributed by atoms with van der Waals surface area (Å²) in [6, 6.07) is 7.52. The van der Waals surface area contributed by atoms with Crippen molar-refractivity contribution >= 4 is 0 Å². The van der Waals surface area contributed by atoms with E-state index in [2.05, 4.69) is 35.8 Å². The Morgan fingerprint density at radius 3 is 3.06 bits per heavy atom. The van der Waals surface area contributed by atoms with Crippen LogP contribution in [-0.2, 0) is 19.5 Å². The van der Waals surface area contributed by atoms with E-state index in [0.717, 1.165) is 31.6 Å². The number of hydrogen-bond acceptors (Lipinski definition) is 2. The molecule has 0 atom stereocenters. The highest BCUT2D eigenvalue weighted by Gasteiger charge is 2.24. The van der Waals surface area contributed by atoms with Crippen LogP contribution in [0.15, 0.2) is 18.2 Å². The van der Waals surface area contributed by atoms with Gasteiger partial charge in [0, 0.05) is 19.1 Å². The first-order chi connectivity index (χ1) is 8.33. The van der Waals surface area contributed by atoms with Crippen LogP contribution in [0, 0.1) is 5.92 Å². The average molecular weight is 230 g/mol. The molecule has 1 aromatic carbocycles. The van der Waals surface area contributed by atoms with E-state index in [1.54, 1.807) is 5.56 Å². The quantitative estimate of drug-likeness (QED) is 0.832. The summed E-state index contributed by atoms with van der Waals surface area (Å²) >= 11 is 0. The highest BCUT2D eigenvalue weighted by molar-refractivity contribution is 5.37. The molecule has 2 heteroatoms. The van der Waals surface area contributed by atoms with E-state index in [9.17, 15) is 0 Å². The van der Waals surface area contributed by atoms with Crippen molar-refractivity contribution in [1.82, 2.24) is 10.6 Å². The summed E-state index contributed by atoms with van der Waals surface area (Å²) in [6.07, 6.45) is 3.90. The Morgan fingerprint density at radius 1 is 1.35 bits per heavy atom. The number of hydrogen-bond donors (Lipinski definition) is 2. The summed E-state index contributed by atoms with van der Waals surface area (Å²) in [4.78, 5) is 0. The van der Waals surface area contributed by atoms with Crippen molar-refractivity contribution in [3.05, 3.63) is 34.9 Å². The second-order valence-corrected chi connectivity index (χ2v) is 5.64. The maximum atomic E-state index is 3.70. The molecule has 1 fully saturated rings. The van der Waals surface area contributed by atoms with Crippen LogP contribution in [0.5, 0.6) is 0 Å². The molecule has 1 heterocycles. The fourth-order valence-electron chi connectivity index (χ4n) is 3.10. The third-order valence-electron chi connectivity index (χ3n) is 4.19. The zero-order valence-electron chi connectivity index (χ0n) is 10.6. The van der Waals surface area contributed by atoms with Gasteiger partial charge < -0.3 is 10.6 Å². The maximum Gasteiger partial charge on any atom is 0.0210 e. The summed E-state index contributed by atoms with van der Waals surface area (Å²) in [5.74, 6) is 0.932. The van der Waals surface area contributed by atoms with E-state index in [0.29, 0.717) is 0 Å². The number of nitrogens with one attached hydrogen (secondary N) is 2. The standard InChI is InChI=1S/C15H22N2/c1-11-7-14(8-11)17-10-13-4-2-3-12-9-16-6-5-15(12)13/h2-4,11,14,16-17H,5-10H2,1H3. The zero-order chi connectivity index (χ0) is 11.7. The Labute approximate surface area is 104 Å². The van der Waals surface area contributed by atoms with Crippen LogP contribution in [0.2, 0.25) is 0 Å². The van der Waals surface area contributed by atoms with Gasteiger partial charge in [0.2, 0.25) is 0 Å². The molecule has 1 saturated carbocycles. The Hall–Kier alpha value is -0.860.